The van der Waals surface area contributed by atoms with E-state index in [0.717, 1.165) is 0 Å². The molecule has 0 unspecified atom stereocenters. The third-order valence-corrected chi connectivity index (χ3v) is 3.51. The van der Waals surface area contributed by atoms with Gasteiger partial charge in [0.25, 0.3) is 5.91 Å². The smallest absolute Gasteiger partial charge is 0.342 e. The molecule has 0 bridgehead atoms. The number of halogens is 2. The van der Waals surface area contributed by atoms with Gasteiger partial charge in [-0.15, -0.1) is 0 Å². The maximum Gasteiger partial charge on any atom is 0.342 e. The number of nitrogens with one attached hydrogen (secondary N) is 1. The van der Waals surface area contributed by atoms with Gasteiger partial charge in [0.05, 0.1) is 10.7 Å². The minimum absolute atomic E-state index is 0.0170. The number of aromatic hydroxyl groups is 1. The molecular weight excluding hydrogens is 341 g/mol. The summed E-state index contributed by atoms with van der Waals surface area (Å²) in [6, 6.07) is 10.5. The van der Waals surface area contributed by atoms with Crippen molar-refractivity contribution in [1.29, 1.82) is 0 Å². The van der Waals surface area contributed by atoms with Gasteiger partial charge in [0, 0.05) is 5.02 Å². The third kappa shape index (κ3) is 4.37. The number of para-hydroxylation sites is 1. The normalized spacial score (nSPS) is 11.6. The van der Waals surface area contributed by atoms with Gasteiger partial charge in [0.1, 0.15) is 11.3 Å². The molecule has 0 aliphatic rings. The molecule has 2 aromatic rings. The van der Waals surface area contributed by atoms with Crippen LogP contribution in [0.3, 0.4) is 0 Å². The Labute approximate surface area is 142 Å². The maximum absolute atomic E-state index is 12.1. The summed E-state index contributed by atoms with van der Waals surface area (Å²) in [6.45, 7) is 1.41. The zero-order valence-corrected chi connectivity index (χ0v) is 13.6. The van der Waals surface area contributed by atoms with Gasteiger partial charge in [0.15, 0.2) is 6.10 Å². The number of phenolic OH excluding ortho intramolecular Hbond substituents is 1. The number of anilines is 1. The van der Waals surface area contributed by atoms with Crippen LogP contribution in [-0.2, 0) is 9.53 Å². The number of hydrogen-bond donors (Lipinski definition) is 2. The lowest BCUT2D eigenvalue weighted by molar-refractivity contribution is -0.123. The largest absolute Gasteiger partial charge is 0.507 e. The molecule has 0 saturated carbocycles. The summed E-state index contributed by atoms with van der Waals surface area (Å²) in [5, 5.41) is 12.8. The van der Waals surface area contributed by atoms with Gasteiger partial charge in [-0.3, -0.25) is 4.79 Å². The van der Waals surface area contributed by atoms with Crippen LogP contribution in [0.4, 0.5) is 5.69 Å². The zero-order chi connectivity index (χ0) is 17.0. The van der Waals surface area contributed by atoms with E-state index < -0.39 is 18.0 Å². The van der Waals surface area contributed by atoms with Crippen molar-refractivity contribution in [3.05, 3.63) is 58.1 Å². The van der Waals surface area contributed by atoms with Gasteiger partial charge in [-0.2, -0.15) is 0 Å². The molecule has 0 fully saturated rings. The number of carbonyl (C=O) groups excluding carboxylic acids is 2. The maximum atomic E-state index is 12.1. The number of carbonyl (C=O) groups is 2. The zero-order valence-electron chi connectivity index (χ0n) is 12.0. The number of esters is 1. The van der Waals surface area contributed by atoms with Crippen LogP contribution in [0.15, 0.2) is 42.5 Å². The van der Waals surface area contributed by atoms with E-state index in [2.05, 4.69) is 5.32 Å². The molecule has 2 aromatic carbocycles. The van der Waals surface area contributed by atoms with E-state index >= 15 is 0 Å². The van der Waals surface area contributed by atoms with E-state index in [1.54, 1.807) is 24.3 Å². The molecule has 0 spiro atoms. The number of hydrogen-bond acceptors (Lipinski definition) is 4. The monoisotopic (exact) mass is 353 g/mol. The van der Waals surface area contributed by atoms with Gasteiger partial charge in [-0.1, -0.05) is 35.3 Å². The molecule has 120 valence electrons. The van der Waals surface area contributed by atoms with E-state index in [4.69, 9.17) is 27.9 Å². The summed E-state index contributed by atoms with van der Waals surface area (Å²) in [6.07, 6.45) is -1.08. The second-order valence-corrected chi connectivity index (χ2v) is 5.52. The molecule has 1 amide bonds. The Bertz CT molecular complexity index is 749. The van der Waals surface area contributed by atoms with Crippen molar-refractivity contribution in [3.63, 3.8) is 0 Å². The molecule has 0 aliphatic carbocycles. The first-order chi connectivity index (χ1) is 10.9. The topological polar surface area (TPSA) is 75.6 Å². The molecule has 5 nitrogen and oxygen atoms in total. The fraction of sp³-hybridized carbons (Fsp3) is 0.125. The molecule has 23 heavy (non-hydrogen) atoms. The Hall–Kier alpha value is -2.24. The SMILES string of the molecule is C[C@H](OC(=O)c1ccccc1O)C(=O)Nc1ccc(Cl)cc1Cl. The number of amides is 1. The van der Waals surface area contributed by atoms with Crippen LogP contribution in [0, 0.1) is 0 Å². The van der Waals surface area contributed by atoms with Gasteiger partial charge < -0.3 is 15.2 Å². The van der Waals surface area contributed by atoms with Crippen molar-refractivity contribution < 1.29 is 19.4 Å². The molecule has 0 saturated heterocycles. The van der Waals surface area contributed by atoms with Gasteiger partial charge in [-0.25, -0.2) is 4.79 Å². The van der Waals surface area contributed by atoms with E-state index in [1.807, 2.05) is 0 Å². The fourth-order valence-corrected chi connectivity index (χ4v) is 2.20. The Morgan fingerprint density at radius 3 is 2.52 bits per heavy atom. The van der Waals surface area contributed by atoms with Crippen LogP contribution >= 0.6 is 23.2 Å². The summed E-state index contributed by atoms with van der Waals surface area (Å²) in [4.78, 5) is 24.0. The molecule has 2 rings (SSSR count). The lowest BCUT2D eigenvalue weighted by Gasteiger charge is -2.14. The Morgan fingerprint density at radius 2 is 1.87 bits per heavy atom. The van der Waals surface area contributed by atoms with E-state index in [-0.39, 0.29) is 16.3 Å². The summed E-state index contributed by atoms with van der Waals surface area (Å²) >= 11 is 11.7. The van der Waals surface area contributed by atoms with Crippen LogP contribution in [0.25, 0.3) is 0 Å². The van der Waals surface area contributed by atoms with Crippen molar-refractivity contribution in [3.8, 4) is 5.75 Å². The average Bonchev–Trinajstić information content (AvgIpc) is 2.50. The van der Waals surface area contributed by atoms with E-state index in [0.29, 0.717) is 10.7 Å². The minimum atomic E-state index is -1.08. The van der Waals surface area contributed by atoms with Crippen LogP contribution in [0.1, 0.15) is 17.3 Å². The van der Waals surface area contributed by atoms with Crippen molar-refractivity contribution in [2.24, 2.45) is 0 Å². The summed E-state index contributed by atoms with van der Waals surface area (Å²) in [5.74, 6) is -1.57. The van der Waals surface area contributed by atoms with Crippen molar-refractivity contribution in [2.75, 3.05) is 5.32 Å². The molecule has 0 aromatic heterocycles. The first-order valence-corrected chi connectivity index (χ1v) is 7.39. The standard InChI is InChI=1S/C16H13Cl2NO4/c1-9(23-16(22)11-4-2-3-5-14(11)20)15(21)19-13-7-6-10(17)8-12(13)18/h2-9,20H,1H3,(H,19,21)/t9-/m0/s1. The highest BCUT2D eigenvalue weighted by atomic mass is 35.5. The van der Waals surface area contributed by atoms with Crippen LogP contribution in [-0.4, -0.2) is 23.1 Å². The molecular formula is C16H13Cl2NO4. The predicted molar refractivity (Wildman–Crippen MR) is 88.1 cm³/mol. The van der Waals surface area contributed by atoms with Crippen molar-refractivity contribution >= 4 is 40.8 Å². The van der Waals surface area contributed by atoms with Crippen LogP contribution in [0.5, 0.6) is 5.75 Å². The van der Waals surface area contributed by atoms with Crippen molar-refractivity contribution in [1.82, 2.24) is 0 Å². The Kier molecular flexibility index (Phi) is 5.47. The second-order valence-electron chi connectivity index (χ2n) is 4.68. The van der Waals surface area contributed by atoms with Crippen LogP contribution < -0.4 is 5.32 Å². The average molecular weight is 354 g/mol. The lowest BCUT2D eigenvalue weighted by atomic mass is 10.2. The molecule has 1 atom stereocenters. The first kappa shape index (κ1) is 17.1. The predicted octanol–water partition coefficient (Wildman–Crippen LogP) is 3.88. The highest BCUT2D eigenvalue weighted by Gasteiger charge is 2.21. The number of rotatable bonds is 4. The van der Waals surface area contributed by atoms with Gasteiger partial charge in [-0.05, 0) is 37.3 Å². The Morgan fingerprint density at radius 1 is 1.17 bits per heavy atom. The van der Waals surface area contributed by atoms with E-state index in [9.17, 15) is 14.7 Å². The summed E-state index contributed by atoms with van der Waals surface area (Å²) in [7, 11) is 0. The van der Waals surface area contributed by atoms with E-state index in [1.165, 1.54) is 25.1 Å². The second kappa shape index (κ2) is 7.35. The Balaban J connectivity index is 2.03. The van der Waals surface area contributed by atoms with Gasteiger partial charge >= 0.3 is 5.97 Å². The fourth-order valence-electron chi connectivity index (χ4n) is 1.75. The van der Waals surface area contributed by atoms with Crippen LogP contribution in [0.2, 0.25) is 10.0 Å². The number of ether oxygens (including phenoxy) is 1. The summed E-state index contributed by atoms with van der Waals surface area (Å²) in [5.41, 5.74) is 0.336. The number of benzene rings is 2. The summed E-state index contributed by atoms with van der Waals surface area (Å²) < 4.78 is 5.03. The molecule has 0 heterocycles. The highest BCUT2D eigenvalue weighted by Crippen LogP contribution is 2.25. The minimum Gasteiger partial charge on any atom is -0.507 e. The quantitative estimate of drug-likeness (QED) is 0.817. The molecule has 2 N–H and O–H groups in total. The number of phenols is 1. The molecule has 7 heteroatoms. The highest BCUT2D eigenvalue weighted by molar-refractivity contribution is 6.36. The van der Waals surface area contributed by atoms with Gasteiger partial charge in [0.2, 0.25) is 0 Å². The molecule has 0 radical (unpaired) electrons. The first-order valence-electron chi connectivity index (χ1n) is 6.63. The van der Waals surface area contributed by atoms with Crippen molar-refractivity contribution in [2.45, 2.75) is 13.0 Å². The third-order valence-electron chi connectivity index (χ3n) is 2.97. The lowest BCUT2D eigenvalue weighted by Crippen LogP contribution is -2.30. The molecule has 0 aliphatic heterocycles.